The largest absolute Gasteiger partial charge is 0.469 e. The molecule has 8 heteroatoms. The van der Waals surface area contributed by atoms with Crippen molar-refractivity contribution >= 4 is 5.96 Å². The highest BCUT2D eigenvalue weighted by Crippen LogP contribution is 2.24. The van der Waals surface area contributed by atoms with E-state index in [0.717, 1.165) is 5.76 Å². The van der Waals surface area contributed by atoms with Gasteiger partial charge in [0, 0.05) is 19.5 Å². The molecule has 0 saturated carbocycles. The zero-order valence-electron chi connectivity index (χ0n) is 13.8. The van der Waals surface area contributed by atoms with Gasteiger partial charge in [0.25, 0.3) is 0 Å². The molecule has 1 heterocycles. The summed E-state index contributed by atoms with van der Waals surface area (Å²) < 4.78 is 48.4. The van der Waals surface area contributed by atoms with Crippen molar-refractivity contribution in [3.63, 3.8) is 0 Å². The van der Waals surface area contributed by atoms with Crippen molar-refractivity contribution in [2.75, 3.05) is 13.1 Å². The highest BCUT2D eigenvalue weighted by atomic mass is 19.3. The molecule has 0 bridgehead atoms. The molecule has 0 atom stereocenters. The molecule has 0 saturated heterocycles. The van der Waals surface area contributed by atoms with Gasteiger partial charge in [-0.15, -0.1) is 0 Å². The van der Waals surface area contributed by atoms with Gasteiger partial charge in [0.05, 0.1) is 18.4 Å². The lowest BCUT2D eigenvalue weighted by Gasteiger charge is -2.13. The Labute approximate surface area is 143 Å². The maximum Gasteiger partial charge on any atom is 0.387 e. The number of halogens is 3. The van der Waals surface area contributed by atoms with E-state index >= 15 is 0 Å². The molecule has 0 unspecified atom stereocenters. The van der Waals surface area contributed by atoms with E-state index in [9.17, 15) is 13.2 Å². The number of benzene rings is 1. The summed E-state index contributed by atoms with van der Waals surface area (Å²) in [5, 5.41) is 6.09. The van der Waals surface area contributed by atoms with Crippen LogP contribution in [0.4, 0.5) is 13.2 Å². The van der Waals surface area contributed by atoms with Crippen LogP contribution in [0.2, 0.25) is 0 Å². The first-order valence-electron chi connectivity index (χ1n) is 7.87. The van der Waals surface area contributed by atoms with E-state index in [1.165, 1.54) is 18.2 Å². The normalized spacial score (nSPS) is 11.6. The molecule has 1 aromatic heterocycles. The Bertz CT molecular complexity index is 676. The Morgan fingerprint density at radius 1 is 1.24 bits per heavy atom. The van der Waals surface area contributed by atoms with Gasteiger partial charge in [0.2, 0.25) is 0 Å². The molecule has 0 radical (unpaired) electrons. The van der Waals surface area contributed by atoms with Crippen molar-refractivity contribution in [1.82, 2.24) is 10.6 Å². The summed E-state index contributed by atoms with van der Waals surface area (Å²) in [4.78, 5) is 4.23. The quantitative estimate of drug-likeness (QED) is 0.563. The fraction of sp³-hybridized carbons (Fsp3) is 0.353. The Morgan fingerprint density at radius 3 is 2.76 bits per heavy atom. The molecule has 1 aromatic carbocycles. The number of nitrogens with zero attached hydrogens (tertiary/aromatic N) is 1. The first-order valence-corrected chi connectivity index (χ1v) is 7.87. The number of ether oxygens (including phenoxy) is 1. The second-order valence-corrected chi connectivity index (χ2v) is 5.05. The van der Waals surface area contributed by atoms with Gasteiger partial charge < -0.3 is 19.8 Å². The van der Waals surface area contributed by atoms with Crippen LogP contribution in [0.1, 0.15) is 18.2 Å². The minimum absolute atomic E-state index is 0.0222. The van der Waals surface area contributed by atoms with Crippen molar-refractivity contribution in [2.45, 2.75) is 26.5 Å². The second-order valence-electron chi connectivity index (χ2n) is 5.05. The number of alkyl halides is 2. The molecule has 5 nitrogen and oxygen atoms in total. The van der Waals surface area contributed by atoms with Crippen molar-refractivity contribution < 1.29 is 22.3 Å². The smallest absolute Gasteiger partial charge is 0.387 e. The molecule has 0 aliphatic carbocycles. The van der Waals surface area contributed by atoms with Crippen molar-refractivity contribution in [1.29, 1.82) is 0 Å². The molecular formula is C17H20F3N3O2. The standard InChI is InChI=1S/C17H20F3N3O2/c1-2-21-17(22-9-8-12-5-4-10-24-12)23-11-13-14(18)6-3-7-15(13)25-16(19)20/h3-7,10,16H,2,8-9,11H2,1H3,(H2,21,22,23). The average molecular weight is 355 g/mol. The third-order valence-corrected chi connectivity index (χ3v) is 3.28. The van der Waals surface area contributed by atoms with Crippen LogP contribution in [-0.4, -0.2) is 25.7 Å². The summed E-state index contributed by atoms with van der Waals surface area (Å²) in [6.07, 6.45) is 2.24. The number of hydrogen-bond acceptors (Lipinski definition) is 3. The van der Waals surface area contributed by atoms with E-state index in [1.807, 2.05) is 13.0 Å². The first-order chi connectivity index (χ1) is 12.1. The van der Waals surface area contributed by atoms with E-state index in [2.05, 4.69) is 20.4 Å². The van der Waals surface area contributed by atoms with Crippen molar-refractivity contribution in [2.24, 2.45) is 4.99 Å². The number of guanidine groups is 1. The van der Waals surface area contributed by atoms with Gasteiger partial charge in [-0.05, 0) is 31.2 Å². The van der Waals surface area contributed by atoms with Gasteiger partial charge >= 0.3 is 6.61 Å². The van der Waals surface area contributed by atoms with E-state index in [1.54, 1.807) is 12.3 Å². The fourth-order valence-electron chi connectivity index (χ4n) is 2.16. The predicted octanol–water partition coefficient (Wildman–Crippen LogP) is 3.32. The first kappa shape index (κ1) is 18.7. The Morgan fingerprint density at radius 2 is 2.08 bits per heavy atom. The zero-order valence-corrected chi connectivity index (χ0v) is 13.8. The van der Waals surface area contributed by atoms with Gasteiger partial charge in [-0.3, -0.25) is 0 Å². The minimum atomic E-state index is -3.02. The van der Waals surface area contributed by atoms with Gasteiger partial charge in [-0.25, -0.2) is 9.38 Å². The SMILES string of the molecule is CCNC(=NCc1c(F)cccc1OC(F)F)NCCc1ccco1. The molecule has 0 aliphatic heterocycles. The molecule has 2 rings (SSSR count). The van der Waals surface area contributed by atoms with Crippen LogP contribution >= 0.6 is 0 Å². The number of furan rings is 1. The Balaban J connectivity index is 2.02. The fourth-order valence-corrected chi connectivity index (χ4v) is 2.16. The second kappa shape index (κ2) is 9.61. The van der Waals surface area contributed by atoms with Crippen LogP contribution in [0.3, 0.4) is 0 Å². The molecule has 0 fully saturated rings. The molecule has 136 valence electrons. The highest BCUT2D eigenvalue weighted by molar-refractivity contribution is 5.79. The highest BCUT2D eigenvalue weighted by Gasteiger charge is 2.13. The van der Waals surface area contributed by atoms with Crippen LogP contribution < -0.4 is 15.4 Å². The van der Waals surface area contributed by atoms with E-state index < -0.39 is 12.4 Å². The number of nitrogens with one attached hydrogen (secondary N) is 2. The molecule has 25 heavy (non-hydrogen) atoms. The lowest BCUT2D eigenvalue weighted by Crippen LogP contribution is -2.38. The third kappa shape index (κ3) is 6.06. The topological polar surface area (TPSA) is 58.8 Å². The monoisotopic (exact) mass is 355 g/mol. The Kier molecular flexibility index (Phi) is 7.18. The van der Waals surface area contributed by atoms with Crippen LogP contribution in [-0.2, 0) is 13.0 Å². The maximum absolute atomic E-state index is 13.9. The number of hydrogen-bond donors (Lipinski definition) is 2. The van der Waals surface area contributed by atoms with Gasteiger partial charge in [-0.2, -0.15) is 8.78 Å². The van der Waals surface area contributed by atoms with Crippen LogP contribution in [0.5, 0.6) is 5.75 Å². The van der Waals surface area contributed by atoms with Crippen LogP contribution in [0.25, 0.3) is 0 Å². The van der Waals surface area contributed by atoms with Crippen LogP contribution in [0, 0.1) is 5.82 Å². The van der Waals surface area contributed by atoms with Crippen molar-refractivity contribution in [3.05, 3.63) is 53.7 Å². The van der Waals surface area contributed by atoms with Gasteiger partial charge in [0.1, 0.15) is 17.3 Å². The minimum Gasteiger partial charge on any atom is -0.469 e. The molecule has 0 spiro atoms. The number of aliphatic imine (C=N–C) groups is 1. The third-order valence-electron chi connectivity index (χ3n) is 3.28. The zero-order chi connectivity index (χ0) is 18.1. The lowest BCUT2D eigenvalue weighted by atomic mass is 10.2. The average Bonchev–Trinajstić information content (AvgIpc) is 3.07. The summed E-state index contributed by atoms with van der Waals surface area (Å²) in [7, 11) is 0. The maximum atomic E-state index is 13.9. The molecule has 2 aromatic rings. The Hall–Kier alpha value is -2.64. The van der Waals surface area contributed by atoms with Gasteiger partial charge in [0.15, 0.2) is 5.96 Å². The van der Waals surface area contributed by atoms with Crippen molar-refractivity contribution in [3.8, 4) is 5.75 Å². The molecular weight excluding hydrogens is 335 g/mol. The van der Waals surface area contributed by atoms with Gasteiger partial charge in [-0.1, -0.05) is 6.07 Å². The van der Waals surface area contributed by atoms with E-state index in [-0.39, 0.29) is 17.9 Å². The predicted molar refractivity (Wildman–Crippen MR) is 88.3 cm³/mol. The summed E-state index contributed by atoms with van der Waals surface area (Å²) in [5.41, 5.74) is -0.0222. The lowest BCUT2D eigenvalue weighted by molar-refractivity contribution is -0.0506. The molecule has 2 N–H and O–H groups in total. The van der Waals surface area contributed by atoms with E-state index in [4.69, 9.17) is 4.42 Å². The van der Waals surface area contributed by atoms with Crippen LogP contribution in [0.15, 0.2) is 46.0 Å². The van der Waals surface area contributed by atoms with E-state index in [0.29, 0.717) is 25.5 Å². The molecule has 0 aliphatic rings. The molecule has 0 amide bonds. The summed E-state index contributed by atoms with van der Waals surface area (Å²) in [6.45, 7) is -0.117. The summed E-state index contributed by atoms with van der Waals surface area (Å²) in [5.74, 6) is 0.406. The summed E-state index contributed by atoms with van der Waals surface area (Å²) >= 11 is 0. The number of rotatable bonds is 8. The summed E-state index contributed by atoms with van der Waals surface area (Å²) in [6, 6.07) is 7.45.